The fourth-order valence-corrected chi connectivity index (χ4v) is 2.83. The normalized spacial score (nSPS) is 10.5. The lowest BCUT2D eigenvalue weighted by molar-refractivity contribution is 0.102. The Morgan fingerprint density at radius 1 is 0.964 bits per heavy atom. The lowest BCUT2D eigenvalue weighted by Gasteiger charge is -2.12. The van der Waals surface area contributed by atoms with Gasteiger partial charge in [0.25, 0.3) is 5.91 Å². The minimum atomic E-state index is -0.380. The molecule has 1 heterocycles. The molecule has 0 unspecified atom stereocenters. The van der Waals surface area contributed by atoms with Crippen molar-refractivity contribution >= 4 is 11.6 Å². The van der Waals surface area contributed by atoms with Gasteiger partial charge in [-0.25, -0.2) is 4.68 Å². The smallest absolute Gasteiger partial charge is 0.278 e. The summed E-state index contributed by atoms with van der Waals surface area (Å²) in [6, 6.07) is 10.9. The number of ether oxygens (including phenoxy) is 3. The number of rotatable bonds is 6. The molecule has 0 saturated heterocycles. The minimum Gasteiger partial charge on any atom is -0.497 e. The van der Waals surface area contributed by atoms with Crippen LogP contribution in [0.5, 0.6) is 17.2 Å². The number of aromatic nitrogens is 3. The third-order valence-corrected chi connectivity index (χ3v) is 4.33. The fourth-order valence-electron chi connectivity index (χ4n) is 2.83. The molecule has 1 N–H and O–H groups in total. The zero-order chi connectivity index (χ0) is 20.3. The van der Waals surface area contributed by atoms with Crippen LogP contribution in [0, 0.1) is 13.8 Å². The summed E-state index contributed by atoms with van der Waals surface area (Å²) in [6.07, 6.45) is 0. The third kappa shape index (κ3) is 3.62. The average molecular weight is 382 g/mol. The Balaban J connectivity index is 1.96. The Kier molecular flexibility index (Phi) is 5.49. The molecule has 3 rings (SSSR count). The average Bonchev–Trinajstić information content (AvgIpc) is 3.09. The Hall–Kier alpha value is -3.55. The lowest BCUT2D eigenvalue weighted by Crippen LogP contribution is -2.15. The molecule has 8 heteroatoms. The van der Waals surface area contributed by atoms with Crippen molar-refractivity contribution in [2.75, 3.05) is 26.6 Å². The van der Waals surface area contributed by atoms with Gasteiger partial charge in [-0.2, -0.15) is 0 Å². The van der Waals surface area contributed by atoms with E-state index in [9.17, 15) is 4.79 Å². The standard InChI is InChI=1S/C20H22N4O4/c1-12-6-8-17(27-4)15(10-12)21-20(25)19-13(2)24(23-22-19)16-11-14(26-3)7-9-18(16)28-5/h6-11H,1-5H3,(H,21,25). The van der Waals surface area contributed by atoms with Gasteiger partial charge in [-0.15, -0.1) is 5.10 Å². The number of amides is 1. The number of carbonyl (C=O) groups is 1. The first-order valence-electron chi connectivity index (χ1n) is 8.59. The number of methoxy groups -OCH3 is 3. The number of carbonyl (C=O) groups excluding carboxylic acids is 1. The van der Waals surface area contributed by atoms with Crippen LogP contribution in [0.2, 0.25) is 0 Å². The number of nitrogens with one attached hydrogen (secondary N) is 1. The van der Waals surface area contributed by atoms with Crippen LogP contribution in [0.1, 0.15) is 21.7 Å². The topological polar surface area (TPSA) is 87.5 Å². The molecule has 2 aromatic carbocycles. The van der Waals surface area contributed by atoms with Gasteiger partial charge in [0, 0.05) is 6.07 Å². The quantitative estimate of drug-likeness (QED) is 0.705. The first kappa shape index (κ1) is 19.2. The van der Waals surface area contributed by atoms with Crippen molar-refractivity contribution in [3.8, 4) is 22.9 Å². The molecular weight excluding hydrogens is 360 g/mol. The molecule has 3 aromatic rings. The highest BCUT2D eigenvalue weighted by Gasteiger charge is 2.20. The molecule has 0 bridgehead atoms. The van der Waals surface area contributed by atoms with Gasteiger partial charge in [0.2, 0.25) is 0 Å². The van der Waals surface area contributed by atoms with Crippen LogP contribution in [0.15, 0.2) is 36.4 Å². The van der Waals surface area contributed by atoms with Crippen LogP contribution in [-0.4, -0.2) is 42.2 Å². The predicted octanol–water partition coefficient (Wildman–Crippen LogP) is 3.16. The molecule has 0 aliphatic heterocycles. The molecule has 0 saturated carbocycles. The van der Waals surface area contributed by atoms with E-state index in [1.807, 2.05) is 19.1 Å². The second-order valence-corrected chi connectivity index (χ2v) is 6.13. The first-order chi connectivity index (χ1) is 13.5. The van der Waals surface area contributed by atoms with Crippen LogP contribution in [0.3, 0.4) is 0 Å². The van der Waals surface area contributed by atoms with E-state index in [0.29, 0.717) is 34.3 Å². The lowest BCUT2D eigenvalue weighted by atomic mass is 10.2. The van der Waals surface area contributed by atoms with E-state index >= 15 is 0 Å². The zero-order valence-corrected chi connectivity index (χ0v) is 16.4. The summed E-state index contributed by atoms with van der Waals surface area (Å²) < 4.78 is 17.5. The van der Waals surface area contributed by atoms with Crippen LogP contribution in [0.4, 0.5) is 5.69 Å². The van der Waals surface area contributed by atoms with Gasteiger partial charge >= 0.3 is 0 Å². The van der Waals surface area contributed by atoms with Crippen molar-refractivity contribution in [2.24, 2.45) is 0 Å². The number of nitrogens with zero attached hydrogens (tertiary/aromatic N) is 3. The summed E-state index contributed by atoms with van der Waals surface area (Å²) in [5.74, 6) is 1.41. The summed E-state index contributed by atoms with van der Waals surface area (Å²) in [5.41, 5.74) is 2.96. The zero-order valence-electron chi connectivity index (χ0n) is 16.4. The number of hydrogen-bond acceptors (Lipinski definition) is 6. The summed E-state index contributed by atoms with van der Waals surface area (Å²) in [5, 5.41) is 11.0. The molecule has 1 aromatic heterocycles. The SMILES string of the molecule is COc1ccc(OC)c(-n2nnc(C(=O)Nc3cc(C)ccc3OC)c2C)c1. The number of hydrogen-bond donors (Lipinski definition) is 1. The molecule has 1 amide bonds. The van der Waals surface area contributed by atoms with Crippen LogP contribution in [0.25, 0.3) is 5.69 Å². The molecule has 8 nitrogen and oxygen atoms in total. The first-order valence-corrected chi connectivity index (χ1v) is 8.59. The third-order valence-electron chi connectivity index (χ3n) is 4.33. The summed E-state index contributed by atoms with van der Waals surface area (Å²) in [4.78, 5) is 12.8. The highest BCUT2D eigenvalue weighted by molar-refractivity contribution is 6.04. The maximum Gasteiger partial charge on any atom is 0.278 e. The van der Waals surface area contributed by atoms with E-state index in [4.69, 9.17) is 14.2 Å². The predicted molar refractivity (Wildman–Crippen MR) is 105 cm³/mol. The van der Waals surface area contributed by atoms with Crippen molar-refractivity contribution in [1.82, 2.24) is 15.0 Å². The van der Waals surface area contributed by atoms with E-state index in [2.05, 4.69) is 15.6 Å². The van der Waals surface area contributed by atoms with Gasteiger partial charge in [-0.3, -0.25) is 4.79 Å². The van der Waals surface area contributed by atoms with Crippen molar-refractivity contribution in [3.63, 3.8) is 0 Å². The highest BCUT2D eigenvalue weighted by Crippen LogP contribution is 2.29. The second-order valence-electron chi connectivity index (χ2n) is 6.13. The molecule has 0 fully saturated rings. The molecule has 0 spiro atoms. The van der Waals surface area contributed by atoms with E-state index in [1.165, 1.54) is 0 Å². The Bertz CT molecular complexity index is 1010. The number of benzene rings is 2. The van der Waals surface area contributed by atoms with E-state index in [0.717, 1.165) is 5.56 Å². The molecular formula is C20H22N4O4. The van der Waals surface area contributed by atoms with E-state index in [1.54, 1.807) is 57.2 Å². The molecule has 146 valence electrons. The number of anilines is 1. The summed E-state index contributed by atoms with van der Waals surface area (Å²) >= 11 is 0. The van der Waals surface area contributed by atoms with Gasteiger partial charge < -0.3 is 19.5 Å². The molecule has 0 aliphatic rings. The molecule has 0 atom stereocenters. The van der Waals surface area contributed by atoms with Crippen LogP contribution in [-0.2, 0) is 0 Å². The minimum absolute atomic E-state index is 0.202. The van der Waals surface area contributed by atoms with Crippen LogP contribution < -0.4 is 19.5 Å². The Morgan fingerprint density at radius 3 is 2.36 bits per heavy atom. The van der Waals surface area contributed by atoms with Crippen LogP contribution >= 0.6 is 0 Å². The fraction of sp³-hybridized carbons (Fsp3) is 0.250. The maximum atomic E-state index is 12.8. The largest absolute Gasteiger partial charge is 0.497 e. The highest BCUT2D eigenvalue weighted by atomic mass is 16.5. The molecule has 0 aliphatic carbocycles. The van der Waals surface area contributed by atoms with Crippen molar-refractivity contribution in [2.45, 2.75) is 13.8 Å². The van der Waals surface area contributed by atoms with E-state index in [-0.39, 0.29) is 11.6 Å². The number of aryl methyl sites for hydroxylation is 1. The molecule has 0 radical (unpaired) electrons. The van der Waals surface area contributed by atoms with Gasteiger partial charge in [0.1, 0.15) is 22.9 Å². The van der Waals surface area contributed by atoms with Gasteiger partial charge in [0.15, 0.2) is 5.69 Å². The van der Waals surface area contributed by atoms with Crippen molar-refractivity contribution < 1.29 is 19.0 Å². The van der Waals surface area contributed by atoms with E-state index < -0.39 is 0 Å². The van der Waals surface area contributed by atoms with Gasteiger partial charge in [0.05, 0.1) is 32.7 Å². The second kappa shape index (κ2) is 7.99. The maximum absolute atomic E-state index is 12.8. The Morgan fingerprint density at radius 2 is 1.68 bits per heavy atom. The van der Waals surface area contributed by atoms with Crippen molar-refractivity contribution in [3.05, 3.63) is 53.3 Å². The molecule has 28 heavy (non-hydrogen) atoms. The van der Waals surface area contributed by atoms with Crippen molar-refractivity contribution in [1.29, 1.82) is 0 Å². The van der Waals surface area contributed by atoms with Gasteiger partial charge in [-0.05, 0) is 43.7 Å². The monoisotopic (exact) mass is 382 g/mol. The summed E-state index contributed by atoms with van der Waals surface area (Å²) in [6.45, 7) is 3.70. The van der Waals surface area contributed by atoms with Gasteiger partial charge in [-0.1, -0.05) is 11.3 Å². The Labute approximate surface area is 163 Å². The summed E-state index contributed by atoms with van der Waals surface area (Å²) in [7, 11) is 4.69.